The Bertz CT molecular complexity index is 1300. The van der Waals surface area contributed by atoms with Crippen LogP contribution in [0.5, 0.6) is 0 Å². The van der Waals surface area contributed by atoms with E-state index < -0.39 is 0 Å². The SMILES string of the molecule is CCn1c(CN2CCC(C)CC2)nc2c(N3CCOCC3)nc(-c3cccc4[nH]ccc34)nc21. The zero-order valence-corrected chi connectivity index (χ0v) is 20.1. The molecule has 1 N–H and O–H groups in total. The summed E-state index contributed by atoms with van der Waals surface area (Å²) in [4.78, 5) is 23.6. The number of morpholine rings is 1. The highest BCUT2D eigenvalue weighted by Gasteiger charge is 2.25. The summed E-state index contributed by atoms with van der Waals surface area (Å²) in [5, 5.41) is 1.14. The van der Waals surface area contributed by atoms with Gasteiger partial charge in [0.2, 0.25) is 0 Å². The molecule has 0 saturated carbocycles. The van der Waals surface area contributed by atoms with Crippen molar-refractivity contribution in [2.45, 2.75) is 39.8 Å². The molecule has 1 aromatic carbocycles. The molecule has 3 aromatic heterocycles. The lowest BCUT2D eigenvalue weighted by atomic mass is 9.99. The number of aryl methyl sites for hydroxylation is 1. The van der Waals surface area contributed by atoms with Gasteiger partial charge in [0.05, 0.1) is 19.8 Å². The van der Waals surface area contributed by atoms with Gasteiger partial charge in [0.15, 0.2) is 22.8 Å². The molecule has 2 aliphatic rings. The van der Waals surface area contributed by atoms with Gasteiger partial charge < -0.3 is 19.2 Å². The molecular weight excluding hydrogens is 426 g/mol. The van der Waals surface area contributed by atoms with Gasteiger partial charge in [-0.3, -0.25) is 4.90 Å². The van der Waals surface area contributed by atoms with Crippen molar-refractivity contribution in [3.8, 4) is 11.4 Å². The number of benzene rings is 1. The van der Waals surface area contributed by atoms with E-state index in [0.717, 1.165) is 90.3 Å². The summed E-state index contributed by atoms with van der Waals surface area (Å²) >= 11 is 0. The Kier molecular flexibility index (Phi) is 5.71. The molecule has 0 aliphatic carbocycles. The van der Waals surface area contributed by atoms with Gasteiger partial charge >= 0.3 is 0 Å². The molecule has 8 nitrogen and oxygen atoms in total. The Balaban J connectivity index is 1.49. The number of fused-ring (bicyclic) bond motifs is 2. The summed E-state index contributed by atoms with van der Waals surface area (Å²) in [5.41, 5.74) is 3.99. The first-order chi connectivity index (χ1) is 16.7. The summed E-state index contributed by atoms with van der Waals surface area (Å²) in [5.74, 6) is 3.59. The number of anilines is 1. The number of aromatic nitrogens is 5. The number of likely N-dealkylation sites (tertiary alicyclic amines) is 1. The van der Waals surface area contributed by atoms with E-state index in [1.165, 1.54) is 12.8 Å². The summed E-state index contributed by atoms with van der Waals surface area (Å²) in [6.07, 6.45) is 4.50. The van der Waals surface area contributed by atoms with Gasteiger partial charge in [-0.25, -0.2) is 15.0 Å². The minimum absolute atomic E-state index is 0.710. The molecule has 0 amide bonds. The number of aromatic amines is 1. The van der Waals surface area contributed by atoms with Crippen molar-refractivity contribution in [3.05, 3.63) is 36.3 Å². The monoisotopic (exact) mass is 459 g/mol. The molecule has 0 atom stereocenters. The van der Waals surface area contributed by atoms with Crippen LogP contribution in [0.1, 0.15) is 32.5 Å². The van der Waals surface area contributed by atoms with Crippen molar-refractivity contribution in [2.75, 3.05) is 44.3 Å². The van der Waals surface area contributed by atoms with Crippen LogP contribution in [0.3, 0.4) is 0 Å². The van der Waals surface area contributed by atoms with Crippen molar-refractivity contribution < 1.29 is 4.74 Å². The molecule has 0 radical (unpaired) electrons. The summed E-state index contributed by atoms with van der Waals surface area (Å²) < 4.78 is 7.92. The second kappa shape index (κ2) is 9.00. The van der Waals surface area contributed by atoms with Crippen molar-refractivity contribution in [3.63, 3.8) is 0 Å². The van der Waals surface area contributed by atoms with Crippen LogP contribution in [0.2, 0.25) is 0 Å². The Morgan fingerprint density at radius 2 is 1.85 bits per heavy atom. The number of imidazole rings is 1. The maximum Gasteiger partial charge on any atom is 0.166 e. The number of hydrogen-bond acceptors (Lipinski definition) is 6. The second-order valence-electron chi connectivity index (χ2n) is 9.62. The van der Waals surface area contributed by atoms with E-state index in [1.54, 1.807) is 0 Å². The first-order valence-electron chi connectivity index (χ1n) is 12.6. The smallest absolute Gasteiger partial charge is 0.166 e. The summed E-state index contributed by atoms with van der Waals surface area (Å²) in [7, 11) is 0. The molecular formula is C26H33N7O. The number of H-pyrrole nitrogens is 1. The topological polar surface area (TPSA) is 75.1 Å². The molecule has 0 unspecified atom stereocenters. The molecule has 5 heterocycles. The molecule has 0 bridgehead atoms. The molecule has 2 saturated heterocycles. The van der Waals surface area contributed by atoms with Crippen LogP contribution in [0.15, 0.2) is 30.5 Å². The number of hydrogen-bond donors (Lipinski definition) is 1. The lowest BCUT2D eigenvalue weighted by molar-refractivity contribution is 0.122. The lowest BCUT2D eigenvalue weighted by Gasteiger charge is -2.29. The van der Waals surface area contributed by atoms with E-state index in [-0.39, 0.29) is 0 Å². The average molecular weight is 460 g/mol. The number of piperidine rings is 1. The van der Waals surface area contributed by atoms with Crippen molar-refractivity contribution >= 4 is 27.9 Å². The van der Waals surface area contributed by atoms with Gasteiger partial charge in [0, 0.05) is 42.3 Å². The van der Waals surface area contributed by atoms with Gasteiger partial charge in [-0.1, -0.05) is 19.1 Å². The minimum Gasteiger partial charge on any atom is -0.378 e. The fourth-order valence-corrected chi connectivity index (χ4v) is 5.30. The maximum absolute atomic E-state index is 5.63. The van der Waals surface area contributed by atoms with Crippen LogP contribution < -0.4 is 4.90 Å². The predicted octanol–water partition coefficient (Wildman–Crippen LogP) is 4.06. The molecule has 8 heteroatoms. The van der Waals surface area contributed by atoms with Crippen LogP contribution in [0, 0.1) is 5.92 Å². The minimum atomic E-state index is 0.710. The first-order valence-corrected chi connectivity index (χ1v) is 12.6. The highest BCUT2D eigenvalue weighted by atomic mass is 16.5. The fraction of sp³-hybridized carbons (Fsp3) is 0.500. The number of nitrogens with zero attached hydrogens (tertiary/aromatic N) is 6. The van der Waals surface area contributed by atoms with Crippen LogP contribution in [-0.2, 0) is 17.8 Å². The summed E-state index contributed by atoms with van der Waals surface area (Å²) in [6.45, 7) is 11.6. The van der Waals surface area contributed by atoms with Gasteiger partial charge in [0.1, 0.15) is 5.82 Å². The summed E-state index contributed by atoms with van der Waals surface area (Å²) in [6, 6.07) is 8.37. The standard InChI is InChI=1S/C26H33N7O/c1-3-33-22(17-31-11-8-18(2)9-12-31)28-23-25(32-13-15-34-16-14-32)29-24(30-26(23)33)20-5-4-6-21-19(20)7-10-27-21/h4-7,10,18,27H,3,8-9,11-17H2,1-2H3. The lowest BCUT2D eigenvalue weighted by Crippen LogP contribution is -2.37. The Labute approximate surface area is 200 Å². The van der Waals surface area contributed by atoms with E-state index in [1.807, 2.05) is 6.20 Å². The van der Waals surface area contributed by atoms with Gasteiger partial charge in [0.25, 0.3) is 0 Å². The molecule has 34 heavy (non-hydrogen) atoms. The Hall–Kier alpha value is -2.97. The zero-order valence-electron chi connectivity index (χ0n) is 20.1. The highest BCUT2D eigenvalue weighted by Crippen LogP contribution is 2.32. The van der Waals surface area contributed by atoms with Gasteiger partial charge in [-0.15, -0.1) is 0 Å². The Morgan fingerprint density at radius 3 is 2.65 bits per heavy atom. The van der Waals surface area contributed by atoms with Crippen molar-refractivity contribution in [1.82, 2.24) is 29.4 Å². The van der Waals surface area contributed by atoms with E-state index in [4.69, 9.17) is 19.7 Å². The maximum atomic E-state index is 5.63. The number of ether oxygens (including phenoxy) is 1. The molecule has 2 aliphatic heterocycles. The van der Waals surface area contributed by atoms with Crippen molar-refractivity contribution in [2.24, 2.45) is 5.92 Å². The van der Waals surface area contributed by atoms with E-state index in [2.05, 4.69) is 57.5 Å². The zero-order chi connectivity index (χ0) is 23.1. The van der Waals surface area contributed by atoms with E-state index in [9.17, 15) is 0 Å². The third-order valence-electron chi connectivity index (χ3n) is 7.36. The molecule has 6 rings (SSSR count). The second-order valence-corrected chi connectivity index (χ2v) is 9.62. The third-order valence-corrected chi connectivity index (χ3v) is 7.36. The molecule has 178 valence electrons. The first kappa shape index (κ1) is 21.6. The molecule has 4 aromatic rings. The quantitative estimate of drug-likeness (QED) is 0.485. The number of nitrogens with one attached hydrogen (secondary N) is 1. The van der Waals surface area contributed by atoms with Crippen molar-refractivity contribution in [1.29, 1.82) is 0 Å². The van der Waals surface area contributed by atoms with Crippen LogP contribution >= 0.6 is 0 Å². The number of rotatable bonds is 5. The van der Waals surface area contributed by atoms with Gasteiger partial charge in [-0.05, 0) is 50.9 Å². The highest BCUT2D eigenvalue weighted by molar-refractivity contribution is 5.95. The molecule has 2 fully saturated rings. The third kappa shape index (κ3) is 3.84. The Morgan fingerprint density at radius 1 is 1.03 bits per heavy atom. The average Bonchev–Trinajstić information content (AvgIpc) is 3.49. The largest absolute Gasteiger partial charge is 0.378 e. The van der Waals surface area contributed by atoms with Crippen LogP contribution in [0.4, 0.5) is 5.82 Å². The fourth-order valence-electron chi connectivity index (χ4n) is 5.30. The van der Waals surface area contributed by atoms with Gasteiger partial charge in [-0.2, -0.15) is 0 Å². The predicted molar refractivity (Wildman–Crippen MR) is 135 cm³/mol. The van der Waals surface area contributed by atoms with E-state index in [0.29, 0.717) is 13.2 Å². The van der Waals surface area contributed by atoms with Crippen LogP contribution in [0.25, 0.3) is 33.5 Å². The molecule has 0 spiro atoms. The van der Waals surface area contributed by atoms with E-state index >= 15 is 0 Å². The van der Waals surface area contributed by atoms with Crippen LogP contribution in [-0.4, -0.2) is 68.8 Å². The normalized spacial score (nSPS) is 18.4.